The predicted molar refractivity (Wildman–Crippen MR) is 88.2 cm³/mol. The Kier molecular flexibility index (Phi) is 7.78. The summed E-state index contributed by atoms with van der Waals surface area (Å²) in [6.45, 7) is 7.55. The summed E-state index contributed by atoms with van der Waals surface area (Å²) < 4.78 is 4.96. The lowest BCUT2D eigenvalue weighted by molar-refractivity contribution is -0.132. The molecule has 2 heterocycles. The van der Waals surface area contributed by atoms with Crippen LogP contribution >= 0.6 is 0 Å². The van der Waals surface area contributed by atoms with Crippen LogP contribution in [0, 0.1) is 0 Å². The third-order valence-electron chi connectivity index (χ3n) is 4.50. The van der Waals surface area contributed by atoms with Crippen LogP contribution in [0.4, 0.5) is 0 Å². The molecule has 0 aromatic rings. The van der Waals surface area contributed by atoms with Crippen LogP contribution in [0.1, 0.15) is 19.3 Å². The summed E-state index contributed by atoms with van der Waals surface area (Å²) in [7, 11) is 1.66. The lowest BCUT2D eigenvalue weighted by Crippen LogP contribution is -2.51. The molecule has 0 unspecified atom stereocenters. The van der Waals surface area contributed by atoms with Crippen molar-refractivity contribution >= 4 is 11.8 Å². The summed E-state index contributed by atoms with van der Waals surface area (Å²) in [6, 6.07) is 0. The molecule has 2 saturated heterocycles. The number of nitrogens with zero attached hydrogens (tertiary/aromatic N) is 3. The molecule has 2 fully saturated rings. The molecule has 0 saturated carbocycles. The molecule has 2 aliphatic rings. The number of amides is 2. The van der Waals surface area contributed by atoms with Crippen molar-refractivity contribution in [3.63, 3.8) is 0 Å². The zero-order valence-electron chi connectivity index (χ0n) is 14.3. The number of carbonyl (C=O) groups is 2. The largest absolute Gasteiger partial charge is 0.385 e. The van der Waals surface area contributed by atoms with Gasteiger partial charge in [-0.15, -0.1) is 0 Å². The number of likely N-dealkylation sites (tertiary alicyclic amines) is 1. The predicted octanol–water partition coefficient (Wildman–Crippen LogP) is -0.621. The lowest BCUT2D eigenvalue weighted by Gasteiger charge is -2.34. The molecule has 0 radical (unpaired) electrons. The van der Waals surface area contributed by atoms with Gasteiger partial charge in [0.1, 0.15) is 0 Å². The van der Waals surface area contributed by atoms with Gasteiger partial charge in [-0.1, -0.05) is 0 Å². The van der Waals surface area contributed by atoms with Crippen molar-refractivity contribution in [2.75, 3.05) is 72.6 Å². The van der Waals surface area contributed by atoms with Gasteiger partial charge >= 0.3 is 0 Å². The molecular weight excluding hydrogens is 296 g/mol. The fraction of sp³-hybridized carbons (Fsp3) is 0.875. The van der Waals surface area contributed by atoms with Gasteiger partial charge in [0.25, 0.3) is 0 Å². The first kappa shape index (κ1) is 18.2. The molecule has 7 nitrogen and oxygen atoms in total. The van der Waals surface area contributed by atoms with E-state index in [0.717, 1.165) is 58.5 Å². The Morgan fingerprint density at radius 3 is 2.17 bits per heavy atom. The molecule has 0 aliphatic carbocycles. The Bertz CT molecular complexity index is 378. The zero-order valence-corrected chi connectivity index (χ0v) is 14.3. The maximum Gasteiger partial charge on any atom is 0.236 e. The van der Waals surface area contributed by atoms with Gasteiger partial charge < -0.3 is 15.0 Å². The number of carbonyl (C=O) groups excluding carboxylic acids is 2. The van der Waals surface area contributed by atoms with Crippen molar-refractivity contribution in [2.45, 2.75) is 19.3 Å². The Balaban J connectivity index is 1.58. The van der Waals surface area contributed by atoms with E-state index in [1.807, 2.05) is 4.90 Å². The number of piperazine rings is 1. The molecule has 23 heavy (non-hydrogen) atoms. The second-order valence-corrected chi connectivity index (χ2v) is 6.34. The molecular formula is C16H30N4O3. The Morgan fingerprint density at radius 2 is 1.57 bits per heavy atom. The number of ether oxygens (including phenoxy) is 1. The molecule has 1 N–H and O–H groups in total. The molecule has 0 bridgehead atoms. The van der Waals surface area contributed by atoms with Crippen LogP contribution in [-0.4, -0.2) is 99.1 Å². The van der Waals surface area contributed by atoms with Crippen LogP contribution in [0.25, 0.3) is 0 Å². The number of methoxy groups -OCH3 is 1. The molecule has 0 spiro atoms. The average Bonchev–Trinajstić information content (AvgIpc) is 3.08. The first-order chi connectivity index (χ1) is 11.2. The highest BCUT2D eigenvalue weighted by Crippen LogP contribution is 2.09. The minimum absolute atomic E-state index is 0.0719. The molecule has 132 valence electrons. The first-order valence-corrected chi connectivity index (χ1v) is 8.67. The van der Waals surface area contributed by atoms with Crippen molar-refractivity contribution in [3.05, 3.63) is 0 Å². The molecule has 0 aromatic carbocycles. The van der Waals surface area contributed by atoms with E-state index in [1.165, 1.54) is 0 Å². The molecule has 0 atom stereocenters. The third kappa shape index (κ3) is 6.45. The number of nitrogens with one attached hydrogen (secondary N) is 1. The zero-order chi connectivity index (χ0) is 16.5. The minimum Gasteiger partial charge on any atom is -0.385 e. The van der Waals surface area contributed by atoms with Crippen molar-refractivity contribution in [3.8, 4) is 0 Å². The Hall–Kier alpha value is -1.18. The second-order valence-electron chi connectivity index (χ2n) is 6.34. The normalized spacial score (nSPS) is 20.0. The molecule has 2 amide bonds. The summed E-state index contributed by atoms with van der Waals surface area (Å²) in [6.07, 6.45) is 3.12. The van der Waals surface area contributed by atoms with Gasteiger partial charge in [0.15, 0.2) is 0 Å². The quantitative estimate of drug-likeness (QED) is 0.602. The minimum atomic E-state index is 0.0719. The first-order valence-electron chi connectivity index (χ1n) is 8.67. The van der Waals surface area contributed by atoms with E-state index in [0.29, 0.717) is 26.2 Å². The van der Waals surface area contributed by atoms with E-state index in [4.69, 9.17) is 4.74 Å². The molecule has 0 aromatic heterocycles. The summed E-state index contributed by atoms with van der Waals surface area (Å²) in [5.74, 6) is 0.328. The van der Waals surface area contributed by atoms with E-state index in [2.05, 4.69) is 15.1 Å². The van der Waals surface area contributed by atoms with Crippen LogP contribution in [-0.2, 0) is 14.3 Å². The summed E-state index contributed by atoms with van der Waals surface area (Å²) in [5, 5.41) is 2.91. The van der Waals surface area contributed by atoms with Crippen LogP contribution in [0.5, 0.6) is 0 Å². The van der Waals surface area contributed by atoms with Gasteiger partial charge in [-0.3, -0.25) is 19.4 Å². The van der Waals surface area contributed by atoms with E-state index in [9.17, 15) is 9.59 Å². The SMILES string of the molecule is COCCCNC(=O)CN1CCN(CC(=O)N2CCCC2)CC1. The van der Waals surface area contributed by atoms with Crippen LogP contribution in [0.15, 0.2) is 0 Å². The number of hydrogen-bond acceptors (Lipinski definition) is 5. The standard InChI is InChI=1S/C16H30N4O3/c1-23-12-4-5-17-15(21)13-18-8-10-19(11-9-18)14-16(22)20-6-2-3-7-20/h2-14H2,1H3,(H,17,21). The molecule has 7 heteroatoms. The maximum atomic E-state index is 12.1. The Morgan fingerprint density at radius 1 is 0.957 bits per heavy atom. The van der Waals surface area contributed by atoms with Crippen molar-refractivity contribution in [2.24, 2.45) is 0 Å². The lowest BCUT2D eigenvalue weighted by atomic mass is 10.3. The number of hydrogen-bond donors (Lipinski definition) is 1. The fourth-order valence-electron chi connectivity index (χ4n) is 3.07. The van der Waals surface area contributed by atoms with Crippen LogP contribution < -0.4 is 5.32 Å². The average molecular weight is 326 g/mol. The van der Waals surface area contributed by atoms with Gasteiger partial charge in [0, 0.05) is 59.5 Å². The highest BCUT2D eigenvalue weighted by atomic mass is 16.5. The fourth-order valence-corrected chi connectivity index (χ4v) is 3.07. The van der Waals surface area contributed by atoms with Crippen molar-refractivity contribution in [1.29, 1.82) is 0 Å². The third-order valence-corrected chi connectivity index (χ3v) is 4.50. The monoisotopic (exact) mass is 326 g/mol. The summed E-state index contributed by atoms with van der Waals surface area (Å²) in [5.41, 5.74) is 0. The van der Waals surface area contributed by atoms with E-state index >= 15 is 0 Å². The van der Waals surface area contributed by atoms with Gasteiger partial charge in [-0.2, -0.15) is 0 Å². The summed E-state index contributed by atoms with van der Waals surface area (Å²) >= 11 is 0. The molecule has 2 aliphatic heterocycles. The van der Waals surface area contributed by atoms with E-state index in [-0.39, 0.29) is 11.8 Å². The van der Waals surface area contributed by atoms with E-state index in [1.54, 1.807) is 7.11 Å². The highest BCUT2D eigenvalue weighted by molar-refractivity contribution is 5.78. The Labute approximate surface area is 138 Å². The summed E-state index contributed by atoms with van der Waals surface area (Å²) in [4.78, 5) is 30.3. The van der Waals surface area contributed by atoms with Gasteiger partial charge in [-0.05, 0) is 19.3 Å². The van der Waals surface area contributed by atoms with Crippen LogP contribution in [0.2, 0.25) is 0 Å². The van der Waals surface area contributed by atoms with Gasteiger partial charge in [0.2, 0.25) is 11.8 Å². The smallest absolute Gasteiger partial charge is 0.236 e. The van der Waals surface area contributed by atoms with Gasteiger partial charge in [-0.25, -0.2) is 0 Å². The second kappa shape index (κ2) is 9.85. The highest BCUT2D eigenvalue weighted by Gasteiger charge is 2.23. The van der Waals surface area contributed by atoms with Crippen molar-refractivity contribution in [1.82, 2.24) is 20.0 Å². The van der Waals surface area contributed by atoms with Gasteiger partial charge in [0.05, 0.1) is 13.1 Å². The van der Waals surface area contributed by atoms with Crippen LogP contribution in [0.3, 0.4) is 0 Å². The number of rotatable bonds is 8. The van der Waals surface area contributed by atoms with E-state index < -0.39 is 0 Å². The molecule has 2 rings (SSSR count). The maximum absolute atomic E-state index is 12.1. The topological polar surface area (TPSA) is 65.1 Å². The van der Waals surface area contributed by atoms with Crippen molar-refractivity contribution < 1.29 is 14.3 Å².